The van der Waals surface area contributed by atoms with E-state index >= 15 is 0 Å². The largest absolute Gasteiger partial charge is 0.495 e. The van der Waals surface area contributed by atoms with Gasteiger partial charge in [0.25, 0.3) is 0 Å². The molecule has 0 saturated carbocycles. The minimum atomic E-state index is -0.334. The first-order chi connectivity index (χ1) is 9.24. The van der Waals surface area contributed by atoms with E-state index in [0.29, 0.717) is 5.56 Å². The number of aromatic nitrogens is 1. The van der Waals surface area contributed by atoms with Crippen molar-refractivity contribution in [2.75, 3.05) is 14.2 Å². The summed E-state index contributed by atoms with van der Waals surface area (Å²) in [5.74, 6) is 0.451. The van der Waals surface area contributed by atoms with Crippen LogP contribution in [0.15, 0.2) is 36.4 Å². The van der Waals surface area contributed by atoms with E-state index in [4.69, 9.17) is 9.47 Å². The molecule has 0 aliphatic heterocycles. The van der Waals surface area contributed by atoms with Gasteiger partial charge < -0.3 is 14.5 Å². The molecule has 96 valence electrons. The number of ether oxygens (including phenoxy) is 2. The topological polar surface area (TPSA) is 51.3 Å². The molecule has 0 aliphatic carbocycles. The molecule has 4 nitrogen and oxygen atoms in total. The lowest BCUT2D eigenvalue weighted by Gasteiger charge is -2.00. The molecule has 0 saturated heterocycles. The van der Waals surface area contributed by atoms with Crippen LogP contribution < -0.4 is 4.74 Å². The van der Waals surface area contributed by atoms with Crippen molar-refractivity contribution in [1.82, 2.24) is 4.98 Å². The van der Waals surface area contributed by atoms with Crippen molar-refractivity contribution in [3.05, 3.63) is 42.0 Å². The zero-order valence-corrected chi connectivity index (χ0v) is 10.7. The van der Waals surface area contributed by atoms with Gasteiger partial charge in [0.2, 0.25) is 0 Å². The molecule has 3 aromatic rings. The maximum Gasteiger partial charge on any atom is 0.337 e. The van der Waals surface area contributed by atoms with Crippen LogP contribution in [0.3, 0.4) is 0 Å². The molecular formula is C15H13NO3. The molecule has 2 aromatic carbocycles. The van der Waals surface area contributed by atoms with Gasteiger partial charge in [-0.3, -0.25) is 0 Å². The summed E-state index contributed by atoms with van der Waals surface area (Å²) in [5, 5.41) is 2.01. The highest BCUT2D eigenvalue weighted by molar-refractivity contribution is 6.11. The fourth-order valence-corrected chi connectivity index (χ4v) is 2.31. The SMILES string of the molecule is COC(=O)c1ccc2[nH]c3c(OC)cccc3c2c1. The normalized spacial score (nSPS) is 10.8. The van der Waals surface area contributed by atoms with Gasteiger partial charge in [-0.25, -0.2) is 4.79 Å². The van der Waals surface area contributed by atoms with Gasteiger partial charge in [0.15, 0.2) is 0 Å². The number of benzene rings is 2. The van der Waals surface area contributed by atoms with Crippen LogP contribution in [-0.4, -0.2) is 25.2 Å². The van der Waals surface area contributed by atoms with Gasteiger partial charge in [0.1, 0.15) is 5.75 Å². The second-order valence-electron chi connectivity index (χ2n) is 4.26. The molecule has 0 unspecified atom stereocenters. The molecule has 0 fully saturated rings. The van der Waals surface area contributed by atoms with Crippen molar-refractivity contribution >= 4 is 27.8 Å². The molecular weight excluding hydrogens is 242 g/mol. The quantitative estimate of drug-likeness (QED) is 0.716. The maximum atomic E-state index is 11.6. The smallest absolute Gasteiger partial charge is 0.337 e. The highest BCUT2D eigenvalue weighted by atomic mass is 16.5. The maximum absolute atomic E-state index is 11.6. The van der Waals surface area contributed by atoms with Crippen LogP contribution in [0.2, 0.25) is 0 Å². The second kappa shape index (κ2) is 4.31. The van der Waals surface area contributed by atoms with E-state index in [0.717, 1.165) is 27.6 Å². The number of nitrogens with one attached hydrogen (secondary N) is 1. The molecule has 3 rings (SSSR count). The third kappa shape index (κ3) is 1.73. The summed E-state index contributed by atoms with van der Waals surface area (Å²) in [5.41, 5.74) is 2.44. The average molecular weight is 255 g/mol. The molecule has 0 atom stereocenters. The van der Waals surface area contributed by atoms with Crippen LogP contribution in [0.25, 0.3) is 21.8 Å². The molecule has 0 radical (unpaired) electrons. The lowest BCUT2D eigenvalue weighted by Crippen LogP contribution is -2.00. The average Bonchev–Trinajstić information content (AvgIpc) is 2.84. The Morgan fingerprint density at radius 3 is 2.68 bits per heavy atom. The van der Waals surface area contributed by atoms with E-state index in [1.807, 2.05) is 30.3 Å². The highest BCUT2D eigenvalue weighted by Crippen LogP contribution is 2.31. The summed E-state index contributed by atoms with van der Waals surface area (Å²) in [4.78, 5) is 14.9. The summed E-state index contributed by atoms with van der Waals surface area (Å²) >= 11 is 0. The lowest BCUT2D eigenvalue weighted by atomic mass is 10.1. The first-order valence-corrected chi connectivity index (χ1v) is 5.91. The molecule has 4 heteroatoms. The zero-order chi connectivity index (χ0) is 13.4. The van der Waals surface area contributed by atoms with Crippen molar-refractivity contribution in [1.29, 1.82) is 0 Å². The van der Waals surface area contributed by atoms with Crippen molar-refractivity contribution in [3.8, 4) is 5.75 Å². The number of rotatable bonds is 2. The standard InChI is InChI=1S/C15H13NO3/c1-18-13-5-3-4-10-11-8-9(15(17)19-2)6-7-12(11)16-14(10)13/h3-8,16H,1-2H3. The van der Waals surface area contributed by atoms with E-state index in [2.05, 4.69) is 4.98 Å². The number of hydrogen-bond acceptors (Lipinski definition) is 3. The number of aromatic amines is 1. The van der Waals surface area contributed by atoms with Gasteiger partial charge in [0.05, 0.1) is 25.3 Å². The third-order valence-corrected chi connectivity index (χ3v) is 3.24. The van der Waals surface area contributed by atoms with Crippen molar-refractivity contribution in [3.63, 3.8) is 0 Å². The minimum Gasteiger partial charge on any atom is -0.495 e. The number of carbonyl (C=O) groups is 1. The Morgan fingerprint density at radius 2 is 1.95 bits per heavy atom. The minimum absolute atomic E-state index is 0.334. The van der Waals surface area contributed by atoms with Crippen LogP contribution in [0.1, 0.15) is 10.4 Å². The molecule has 19 heavy (non-hydrogen) atoms. The van der Waals surface area contributed by atoms with E-state index in [-0.39, 0.29) is 5.97 Å². The van der Waals surface area contributed by atoms with Gasteiger partial charge in [-0.2, -0.15) is 0 Å². The molecule has 0 bridgehead atoms. The van der Waals surface area contributed by atoms with Crippen molar-refractivity contribution in [2.45, 2.75) is 0 Å². The highest BCUT2D eigenvalue weighted by Gasteiger charge is 2.11. The van der Waals surface area contributed by atoms with Gasteiger partial charge in [0, 0.05) is 16.3 Å². The first kappa shape index (κ1) is 11.6. The molecule has 1 aromatic heterocycles. The summed E-state index contributed by atoms with van der Waals surface area (Å²) in [6, 6.07) is 11.3. The van der Waals surface area contributed by atoms with Crippen LogP contribution in [-0.2, 0) is 4.74 Å². The summed E-state index contributed by atoms with van der Waals surface area (Å²) in [7, 11) is 3.02. The van der Waals surface area contributed by atoms with Crippen LogP contribution >= 0.6 is 0 Å². The molecule has 1 N–H and O–H groups in total. The molecule has 0 spiro atoms. The summed E-state index contributed by atoms with van der Waals surface area (Å²) in [6.07, 6.45) is 0. The number of methoxy groups -OCH3 is 2. The lowest BCUT2D eigenvalue weighted by molar-refractivity contribution is 0.0601. The Morgan fingerprint density at radius 1 is 1.11 bits per heavy atom. The van der Waals surface area contributed by atoms with E-state index in [1.165, 1.54) is 7.11 Å². The van der Waals surface area contributed by atoms with Gasteiger partial charge in [-0.1, -0.05) is 12.1 Å². The van der Waals surface area contributed by atoms with E-state index < -0.39 is 0 Å². The molecule has 0 amide bonds. The van der Waals surface area contributed by atoms with Crippen molar-refractivity contribution in [2.24, 2.45) is 0 Å². The number of para-hydroxylation sites is 1. The van der Waals surface area contributed by atoms with E-state index in [9.17, 15) is 4.79 Å². The Balaban J connectivity index is 2.33. The number of hydrogen-bond donors (Lipinski definition) is 1. The molecule has 0 aliphatic rings. The van der Waals surface area contributed by atoms with Gasteiger partial charge in [-0.05, 0) is 24.3 Å². The van der Waals surface area contributed by atoms with Crippen LogP contribution in [0, 0.1) is 0 Å². The molecule has 1 heterocycles. The zero-order valence-electron chi connectivity index (χ0n) is 10.7. The van der Waals surface area contributed by atoms with Crippen molar-refractivity contribution < 1.29 is 14.3 Å². The number of H-pyrrole nitrogens is 1. The number of fused-ring (bicyclic) bond motifs is 3. The Kier molecular flexibility index (Phi) is 2.63. The second-order valence-corrected chi connectivity index (χ2v) is 4.26. The Hall–Kier alpha value is -2.49. The fraction of sp³-hybridized carbons (Fsp3) is 0.133. The Labute approximate surface area is 109 Å². The van der Waals surface area contributed by atoms with Gasteiger partial charge >= 0.3 is 5.97 Å². The predicted molar refractivity (Wildman–Crippen MR) is 73.7 cm³/mol. The Bertz CT molecular complexity index is 774. The monoisotopic (exact) mass is 255 g/mol. The first-order valence-electron chi connectivity index (χ1n) is 5.91. The number of esters is 1. The third-order valence-electron chi connectivity index (χ3n) is 3.24. The fourth-order valence-electron chi connectivity index (χ4n) is 2.31. The van der Waals surface area contributed by atoms with Crippen LogP contribution in [0.5, 0.6) is 5.75 Å². The van der Waals surface area contributed by atoms with Crippen LogP contribution in [0.4, 0.5) is 0 Å². The predicted octanol–water partition coefficient (Wildman–Crippen LogP) is 3.12. The summed E-state index contributed by atoms with van der Waals surface area (Å²) in [6.45, 7) is 0. The van der Waals surface area contributed by atoms with E-state index in [1.54, 1.807) is 13.2 Å². The van der Waals surface area contributed by atoms with Gasteiger partial charge in [-0.15, -0.1) is 0 Å². The summed E-state index contributed by atoms with van der Waals surface area (Å²) < 4.78 is 10.1. The number of carbonyl (C=O) groups excluding carboxylic acids is 1.